The van der Waals surface area contributed by atoms with Crippen LogP contribution in [-0.4, -0.2) is 26.7 Å². The van der Waals surface area contributed by atoms with Crippen LogP contribution >= 0.6 is 11.5 Å². The third-order valence-corrected chi connectivity index (χ3v) is 4.09. The number of urea groups is 1. The minimum atomic E-state index is -0.549. The average molecular weight is 386 g/mol. The van der Waals surface area contributed by atoms with Crippen molar-refractivity contribution in [2.24, 2.45) is 0 Å². The Balaban J connectivity index is 1.66. The summed E-state index contributed by atoms with van der Waals surface area (Å²) in [5.41, 5.74) is 0.375. The maximum absolute atomic E-state index is 12.4. The van der Waals surface area contributed by atoms with E-state index < -0.39 is 11.9 Å². The third kappa shape index (κ3) is 4.67. The van der Waals surface area contributed by atoms with Gasteiger partial charge in [-0.2, -0.15) is 0 Å². The lowest BCUT2D eigenvalue weighted by atomic mass is 9.93. The van der Waals surface area contributed by atoms with E-state index in [-0.39, 0.29) is 21.9 Å². The molecule has 0 aliphatic rings. The minimum Gasteiger partial charge on any atom is -0.359 e. The van der Waals surface area contributed by atoms with Gasteiger partial charge < -0.3 is 15.2 Å². The number of hydrogen-bond acceptors (Lipinski definition) is 7. The molecule has 3 N–H and O–H groups in total. The van der Waals surface area contributed by atoms with Crippen LogP contribution in [0.1, 0.15) is 37.0 Å². The van der Waals surface area contributed by atoms with Crippen molar-refractivity contribution in [3.05, 3.63) is 47.9 Å². The Hall–Kier alpha value is -3.27. The number of benzene rings is 1. The number of amides is 3. The SMILES string of the molecule is CC(C)(C)c1cc(NC(=O)c2nnsc2NC(=O)Nc2ccccc2)no1. The van der Waals surface area contributed by atoms with Crippen LogP contribution in [-0.2, 0) is 5.41 Å². The Morgan fingerprint density at radius 3 is 2.48 bits per heavy atom. The largest absolute Gasteiger partial charge is 0.359 e. The summed E-state index contributed by atoms with van der Waals surface area (Å²) in [6.07, 6.45) is 0. The molecule has 0 radical (unpaired) electrons. The van der Waals surface area contributed by atoms with Gasteiger partial charge in [-0.05, 0) is 12.1 Å². The Morgan fingerprint density at radius 1 is 1.07 bits per heavy atom. The molecule has 0 spiro atoms. The van der Waals surface area contributed by atoms with E-state index in [4.69, 9.17) is 4.52 Å². The fourth-order valence-electron chi connectivity index (χ4n) is 2.07. The molecule has 0 bridgehead atoms. The lowest BCUT2D eigenvalue weighted by Gasteiger charge is -2.12. The first-order valence-electron chi connectivity index (χ1n) is 8.07. The van der Waals surface area contributed by atoms with Crippen molar-refractivity contribution in [2.75, 3.05) is 16.0 Å². The van der Waals surface area contributed by atoms with Crippen molar-refractivity contribution in [3.63, 3.8) is 0 Å². The Bertz CT molecular complexity index is 945. The molecule has 3 aromatic rings. The number of nitrogens with zero attached hydrogens (tertiary/aromatic N) is 3. The zero-order chi connectivity index (χ0) is 19.4. The number of aromatic nitrogens is 3. The monoisotopic (exact) mass is 386 g/mol. The van der Waals surface area contributed by atoms with Gasteiger partial charge in [0.15, 0.2) is 16.5 Å². The van der Waals surface area contributed by atoms with Crippen molar-refractivity contribution in [1.29, 1.82) is 0 Å². The van der Waals surface area contributed by atoms with E-state index in [2.05, 4.69) is 30.7 Å². The van der Waals surface area contributed by atoms with Crippen LogP contribution in [0.15, 0.2) is 40.9 Å². The average Bonchev–Trinajstić information content (AvgIpc) is 3.24. The van der Waals surface area contributed by atoms with Gasteiger partial charge in [0.1, 0.15) is 5.76 Å². The number of nitrogens with one attached hydrogen (secondary N) is 3. The summed E-state index contributed by atoms with van der Waals surface area (Å²) in [6.45, 7) is 5.91. The fraction of sp³-hybridized carbons (Fsp3) is 0.235. The number of para-hydroxylation sites is 1. The topological polar surface area (TPSA) is 122 Å². The maximum atomic E-state index is 12.4. The molecule has 2 heterocycles. The molecule has 0 aliphatic carbocycles. The molecule has 0 unspecified atom stereocenters. The highest BCUT2D eigenvalue weighted by atomic mass is 32.1. The summed E-state index contributed by atoms with van der Waals surface area (Å²) >= 11 is 0.899. The van der Waals surface area contributed by atoms with E-state index in [0.29, 0.717) is 11.4 Å². The second-order valence-electron chi connectivity index (χ2n) is 6.68. The number of rotatable bonds is 4. The van der Waals surface area contributed by atoms with E-state index >= 15 is 0 Å². The zero-order valence-corrected chi connectivity index (χ0v) is 15.8. The van der Waals surface area contributed by atoms with Crippen LogP contribution < -0.4 is 16.0 Å². The van der Waals surface area contributed by atoms with Crippen LogP contribution in [0.5, 0.6) is 0 Å². The zero-order valence-electron chi connectivity index (χ0n) is 14.9. The molecule has 0 fully saturated rings. The van der Waals surface area contributed by atoms with Gasteiger partial charge in [0.2, 0.25) is 0 Å². The molecule has 10 heteroatoms. The second kappa shape index (κ2) is 7.54. The molecule has 3 amide bonds. The minimum absolute atomic E-state index is 0.0106. The molecular weight excluding hydrogens is 368 g/mol. The highest BCUT2D eigenvalue weighted by Gasteiger charge is 2.23. The molecule has 0 saturated heterocycles. The predicted molar refractivity (Wildman–Crippen MR) is 102 cm³/mol. The van der Waals surface area contributed by atoms with Crippen LogP contribution in [0.2, 0.25) is 0 Å². The summed E-state index contributed by atoms with van der Waals surface area (Å²) in [5, 5.41) is 15.7. The Labute approximate surface area is 159 Å². The quantitative estimate of drug-likeness (QED) is 0.628. The van der Waals surface area contributed by atoms with Crippen LogP contribution in [0.25, 0.3) is 0 Å². The van der Waals surface area contributed by atoms with E-state index in [0.717, 1.165) is 11.5 Å². The van der Waals surface area contributed by atoms with Gasteiger partial charge in [-0.15, -0.1) is 5.10 Å². The van der Waals surface area contributed by atoms with Crippen molar-refractivity contribution in [2.45, 2.75) is 26.2 Å². The summed E-state index contributed by atoms with van der Waals surface area (Å²) in [4.78, 5) is 24.5. The molecule has 2 aromatic heterocycles. The number of carbonyl (C=O) groups excluding carboxylic acids is 2. The lowest BCUT2D eigenvalue weighted by Crippen LogP contribution is -2.21. The van der Waals surface area contributed by atoms with Gasteiger partial charge in [0.25, 0.3) is 5.91 Å². The maximum Gasteiger partial charge on any atom is 0.324 e. The first-order chi connectivity index (χ1) is 12.8. The van der Waals surface area contributed by atoms with Gasteiger partial charge in [-0.1, -0.05) is 48.6 Å². The molecular formula is C17H18N6O3S. The first kappa shape index (κ1) is 18.5. The molecule has 27 heavy (non-hydrogen) atoms. The number of anilines is 3. The van der Waals surface area contributed by atoms with E-state index in [1.807, 2.05) is 26.8 Å². The number of hydrogen-bond donors (Lipinski definition) is 3. The summed E-state index contributed by atoms with van der Waals surface area (Å²) in [7, 11) is 0. The predicted octanol–water partition coefficient (Wildman–Crippen LogP) is 3.72. The van der Waals surface area contributed by atoms with Gasteiger partial charge >= 0.3 is 6.03 Å². The second-order valence-corrected chi connectivity index (χ2v) is 7.43. The normalized spacial score (nSPS) is 11.1. The standard InChI is InChI=1S/C17H18N6O3S/c1-17(2,3)11-9-12(22-26-11)19-14(24)13-15(27-23-21-13)20-16(25)18-10-7-5-4-6-8-10/h4-9H,1-3H3,(H2,18,20,25)(H,19,22,24). The summed E-state index contributed by atoms with van der Waals surface area (Å²) < 4.78 is 8.96. The fourth-order valence-corrected chi connectivity index (χ4v) is 2.63. The van der Waals surface area contributed by atoms with Crippen molar-refractivity contribution in [3.8, 4) is 0 Å². The van der Waals surface area contributed by atoms with Gasteiger partial charge in [0.05, 0.1) is 0 Å². The molecule has 140 valence electrons. The van der Waals surface area contributed by atoms with E-state index in [1.165, 1.54) is 0 Å². The lowest BCUT2D eigenvalue weighted by molar-refractivity contribution is 0.102. The smallest absolute Gasteiger partial charge is 0.324 e. The van der Waals surface area contributed by atoms with Gasteiger partial charge in [-0.25, -0.2) is 4.79 Å². The number of carbonyl (C=O) groups is 2. The molecule has 9 nitrogen and oxygen atoms in total. The summed E-state index contributed by atoms with van der Waals surface area (Å²) in [5.74, 6) is 0.347. The summed E-state index contributed by atoms with van der Waals surface area (Å²) in [6, 6.07) is 10.1. The molecule has 0 atom stereocenters. The van der Waals surface area contributed by atoms with Crippen molar-refractivity contribution in [1.82, 2.24) is 14.7 Å². The first-order valence-corrected chi connectivity index (χ1v) is 8.84. The van der Waals surface area contributed by atoms with Crippen molar-refractivity contribution >= 4 is 40.0 Å². The van der Waals surface area contributed by atoms with Crippen molar-refractivity contribution < 1.29 is 14.1 Å². The third-order valence-electron chi connectivity index (χ3n) is 3.45. The molecule has 3 rings (SSSR count). The van der Waals surface area contributed by atoms with Crippen LogP contribution in [0.3, 0.4) is 0 Å². The molecule has 1 aromatic carbocycles. The molecule has 0 saturated carbocycles. The highest BCUT2D eigenvalue weighted by molar-refractivity contribution is 7.10. The van der Waals surface area contributed by atoms with Gasteiger partial charge in [0, 0.05) is 28.7 Å². The van der Waals surface area contributed by atoms with E-state index in [9.17, 15) is 9.59 Å². The van der Waals surface area contributed by atoms with E-state index in [1.54, 1.807) is 30.3 Å². The molecule has 0 aliphatic heterocycles. The van der Waals surface area contributed by atoms with Crippen LogP contribution in [0, 0.1) is 0 Å². The highest BCUT2D eigenvalue weighted by Crippen LogP contribution is 2.25. The van der Waals surface area contributed by atoms with Gasteiger partial charge in [-0.3, -0.25) is 10.1 Å². The Morgan fingerprint density at radius 2 is 1.81 bits per heavy atom. The Kier molecular flexibility index (Phi) is 5.17. The van der Waals surface area contributed by atoms with Crippen LogP contribution in [0.4, 0.5) is 21.3 Å².